The van der Waals surface area contributed by atoms with Gasteiger partial charge in [-0.25, -0.2) is 0 Å². The lowest BCUT2D eigenvalue weighted by Crippen LogP contribution is -2.40. The smallest absolute Gasteiger partial charge is 0.234 e. The van der Waals surface area contributed by atoms with Crippen LogP contribution in [0.5, 0.6) is 0 Å². The van der Waals surface area contributed by atoms with Crippen LogP contribution in [0, 0.1) is 0 Å². The summed E-state index contributed by atoms with van der Waals surface area (Å²) in [6, 6.07) is 8.15. The first-order valence-corrected chi connectivity index (χ1v) is 7.38. The van der Waals surface area contributed by atoms with Gasteiger partial charge in [0.05, 0.1) is 6.54 Å². The van der Waals surface area contributed by atoms with E-state index in [-0.39, 0.29) is 5.91 Å². The number of benzene rings is 1. The third-order valence-corrected chi connectivity index (χ3v) is 3.29. The number of hydrogen-bond donors (Lipinski definition) is 2. The molecule has 0 aliphatic rings. The molecule has 3 N–H and O–H groups in total. The van der Waals surface area contributed by atoms with Crippen molar-refractivity contribution in [3.05, 3.63) is 29.8 Å². The van der Waals surface area contributed by atoms with Gasteiger partial charge in [-0.15, -0.1) is 0 Å². The van der Waals surface area contributed by atoms with Crippen molar-refractivity contribution in [1.82, 2.24) is 10.2 Å². The first-order chi connectivity index (χ1) is 9.52. The van der Waals surface area contributed by atoms with Crippen LogP contribution in [0.1, 0.15) is 39.2 Å². The third kappa shape index (κ3) is 6.06. The van der Waals surface area contributed by atoms with Gasteiger partial charge in [-0.05, 0) is 38.0 Å². The quantitative estimate of drug-likeness (QED) is 0.566. The zero-order valence-corrected chi connectivity index (χ0v) is 12.9. The number of carbonyl (C=O) groups excluding carboxylic acids is 1. The molecule has 20 heavy (non-hydrogen) atoms. The van der Waals surface area contributed by atoms with Crippen LogP contribution in [0.15, 0.2) is 24.3 Å². The lowest BCUT2D eigenvalue weighted by molar-refractivity contribution is -0.122. The number of rotatable bonds is 8. The molecule has 1 aromatic rings. The monoisotopic (exact) mass is 277 g/mol. The fraction of sp³-hybridized carbons (Fsp3) is 0.562. The van der Waals surface area contributed by atoms with E-state index in [4.69, 9.17) is 5.73 Å². The fourth-order valence-corrected chi connectivity index (χ4v) is 1.92. The van der Waals surface area contributed by atoms with Crippen molar-refractivity contribution in [2.45, 2.75) is 46.2 Å². The molecule has 0 aromatic heterocycles. The topological polar surface area (TPSA) is 58.4 Å². The molecular weight excluding hydrogens is 250 g/mol. The van der Waals surface area contributed by atoms with Crippen molar-refractivity contribution < 1.29 is 4.79 Å². The number of nitrogen functional groups attached to an aromatic ring is 1. The largest absolute Gasteiger partial charge is 0.399 e. The van der Waals surface area contributed by atoms with E-state index < -0.39 is 0 Å². The number of nitrogens with one attached hydrogen (secondary N) is 1. The highest BCUT2D eigenvalue weighted by Crippen LogP contribution is 2.10. The van der Waals surface area contributed by atoms with Crippen LogP contribution < -0.4 is 11.1 Å². The second kappa shape index (κ2) is 8.59. The normalized spacial score (nSPS) is 11.1. The maximum Gasteiger partial charge on any atom is 0.234 e. The predicted molar refractivity (Wildman–Crippen MR) is 84.3 cm³/mol. The van der Waals surface area contributed by atoms with E-state index in [1.54, 1.807) is 0 Å². The summed E-state index contributed by atoms with van der Waals surface area (Å²) in [6.45, 7) is 8.30. The minimum Gasteiger partial charge on any atom is -0.399 e. The second-order valence-corrected chi connectivity index (χ2v) is 5.44. The summed E-state index contributed by atoms with van der Waals surface area (Å²) in [4.78, 5) is 14.1. The van der Waals surface area contributed by atoms with E-state index in [1.807, 2.05) is 24.3 Å². The fourth-order valence-electron chi connectivity index (χ4n) is 1.92. The van der Waals surface area contributed by atoms with Crippen LogP contribution >= 0.6 is 0 Å². The lowest BCUT2D eigenvalue weighted by Gasteiger charge is -2.26. The van der Waals surface area contributed by atoms with Gasteiger partial charge < -0.3 is 11.1 Å². The molecule has 0 heterocycles. The van der Waals surface area contributed by atoms with Crippen molar-refractivity contribution in [2.24, 2.45) is 0 Å². The van der Waals surface area contributed by atoms with Crippen LogP contribution in [0.2, 0.25) is 0 Å². The lowest BCUT2D eigenvalue weighted by atomic mass is 10.1. The maximum absolute atomic E-state index is 11.9. The van der Waals surface area contributed by atoms with Gasteiger partial charge in [-0.1, -0.05) is 25.5 Å². The predicted octanol–water partition coefficient (Wildman–Crippen LogP) is 2.40. The van der Waals surface area contributed by atoms with Crippen molar-refractivity contribution in [2.75, 3.05) is 18.8 Å². The molecule has 1 amide bonds. The number of carbonyl (C=O) groups is 1. The molecular formula is C16H27N3O. The van der Waals surface area contributed by atoms with Crippen LogP contribution in [0.3, 0.4) is 0 Å². The average molecular weight is 277 g/mol. The van der Waals surface area contributed by atoms with Gasteiger partial charge in [0, 0.05) is 24.8 Å². The number of amides is 1. The zero-order chi connectivity index (χ0) is 15.0. The van der Waals surface area contributed by atoms with E-state index >= 15 is 0 Å². The van der Waals surface area contributed by atoms with Gasteiger partial charge in [0.25, 0.3) is 0 Å². The van der Waals surface area contributed by atoms with Crippen molar-refractivity contribution in [3.8, 4) is 0 Å². The molecule has 0 radical (unpaired) electrons. The van der Waals surface area contributed by atoms with Gasteiger partial charge in [0.1, 0.15) is 0 Å². The molecule has 0 aliphatic carbocycles. The van der Waals surface area contributed by atoms with E-state index in [0.717, 1.165) is 31.6 Å². The minimum absolute atomic E-state index is 0.0996. The molecule has 1 rings (SSSR count). The van der Waals surface area contributed by atoms with Crippen molar-refractivity contribution >= 4 is 11.6 Å². The number of anilines is 1. The summed E-state index contributed by atoms with van der Waals surface area (Å²) in [5.74, 6) is 0.0996. The van der Waals surface area contributed by atoms with E-state index in [2.05, 4.69) is 31.0 Å². The Labute approximate surface area is 122 Å². The summed E-state index contributed by atoms with van der Waals surface area (Å²) in [7, 11) is 0. The van der Waals surface area contributed by atoms with Gasteiger partial charge in [0.15, 0.2) is 0 Å². The Bertz CT molecular complexity index is 401. The summed E-state index contributed by atoms with van der Waals surface area (Å²) in [5, 5.41) is 2.96. The molecule has 0 spiro atoms. The summed E-state index contributed by atoms with van der Waals surface area (Å²) >= 11 is 0. The molecule has 1 aromatic carbocycles. The summed E-state index contributed by atoms with van der Waals surface area (Å²) in [5.41, 5.74) is 7.63. The van der Waals surface area contributed by atoms with Crippen LogP contribution in [-0.2, 0) is 11.3 Å². The van der Waals surface area contributed by atoms with Gasteiger partial charge in [-0.2, -0.15) is 0 Å². The van der Waals surface area contributed by atoms with Gasteiger partial charge >= 0.3 is 0 Å². The number of nitrogens with zero attached hydrogens (tertiary/aromatic N) is 1. The number of unbranched alkanes of at least 4 members (excludes halogenated alkanes) is 1. The Morgan fingerprint density at radius 1 is 1.30 bits per heavy atom. The van der Waals surface area contributed by atoms with Crippen molar-refractivity contribution in [1.29, 1.82) is 0 Å². The van der Waals surface area contributed by atoms with E-state index in [0.29, 0.717) is 12.6 Å². The molecule has 0 saturated carbocycles. The first kappa shape index (κ1) is 16.5. The van der Waals surface area contributed by atoms with Gasteiger partial charge in [-0.3, -0.25) is 9.69 Å². The first-order valence-electron chi connectivity index (χ1n) is 7.38. The van der Waals surface area contributed by atoms with Gasteiger partial charge in [0.2, 0.25) is 5.91 Å². The molecule has 0 bridgehead atoms. The molecule has 0 saturated heterocycles. The van der Waals surface area contributed by atoms with Crippen LogP contribution in [0.25, 0.3) is 0 Å². The summed E-state index contributed by atoms with van der Waals surface area (Å²) in [6.07, 6.45) is 2.13. The highest BCUT2D eigenvalue weighted by molar-refractivity contribution is 5.78. The van der Waals surface area contributed by atoms with Crippen LogP contribution in [-0.4, -0.2) is 29.9 Å². The second-order valence-electron chi connectivity index (χ2n) is 5.44. The maximum atomic E-state index is 11.9. The highest BCUT2D eigenvalue weighted by atomic mass is 16.2. The Kier molecular flexibility index (Phi) is 7.09. The number of nitrogens with two attached hydrogens (primary N) is 1. The number of hydrogen-bond acceptors (Lipinski definition) is 3. The molecule has 0 aliphatic heterocycles. The summed E-state index contributed by atoms with van der Waals surface area (Å²) < 4.78 is 0. The van der Waals surface area contributed by atoms with Crippen LogP contribution in [0.4, 0.5) is 5.69 Å². The standard InChI is InChI=1S/C16H27N3O/c1-4-5-10-18-16(20)12-19(13(2)3)11-14-6-8-15(17)9-7-14/h6-9,13H,4-5,10-12,17H2,1-3H3,(H,18,20). The molecule has 0 unspecified atom stereocenters. The van der Waals surface area contributed by atoms with E-state index in [1.165, 1.54) is 5.56 Å². The molecule has 112 valence electrons. The Morgan fingerprint density at radius 3 is 2.50 bits per heavy atom. The van der Waals surface area contributed by atoms with Crippen molar-refractivity contribution in [3.63, 3.8) is 0 Å². The molecule has 0 fully saturated rings. The molecule has 0 atom stereocenters. The Hall–Kier alpha value is -1.55. The Morgan fingerprint density at radius 2 is 1.95 bits per heavy atom. The highest BCUT2D eigenvalue weighted by Gasteiger charge is 2.14. The van der Waals surface area contributed by atoms with E-state index in [9.17, 15) is 4.79 Å². The third-order valence-electron chi connectivity index (χ3n) is 3.29. The molecule has 4 heteroatoms. The zero-order valence-electron chi connectivity index (χ0n) is 12.9. The Balaban J connectivity index is 2.52. The SMILES string of the molecule is CCCCNC(=O)CN(Cc1ccc(N)cc1)C(C)C. The molecule has 4 nitrogen and oxygen atoms in total. The average Bonchev–Trinajstić information content (AvgIpc) is 2.40. The minimum atomic E-state index is 0.0996.